The molecule has 0 N–H and O–H groups in total. The number of rotatable bonds is 12. The molecule has 21 rings (SSSR count). The summed E-state index contributed by atoms with van der Waals surface area (Å²) < 4.78 is 7.20. The number of hydrogen-bond donors (Lipinski definition) is 0. The number of hydrogen-bond acceptors (Lipinski definition) is 3. The first-order chi connectivity index (χ1) is 56.9. The van der Waals surface area contributed by atoms with Crippen LogP contribution in [0.25, 0.3) is 115 Å². The van der Waals surface area contributed by atoms with Crippen molar-refractivity contribution in [3.63, 3.8) is 0 Å². The average molecular weight is 1490 g/mol. The quantitative estimate of drug-likeness (QED) is 0.122. The van der Waals surface area contributed by atoms with E-state index in [1.165, 1.54) is 132 Å². The zero-order chi connectivity index (χ0) is 78.4. The molecule has 0 saturated carbocycles. The van der Waals surface area contributed by atoms with Crippen molar-refractivity contribution in [2.45, 2.75) is 52.4 Å². The highest BCUT2D eigenvalue weighted by Gasteiger charge is 2.28. The molecular formula is C110H88N6. The summed E-state index contributed by atoms with van der Waals surface area (Å²) in [4.78, 5) is 7.20. The molecule has 0 saturated heterocycles. The first-order valence-electron chi connectivity index (χ1n) is 40.2. The van der Waals surface area contributed by atoms with Crippen LogP contribution in [0, 0.1) is 0 Å². The van der Waals surface area contributed by atoms with Crippen LogP contribution in [0.5, 0.6) is 0 Å². The Hall–Kier alpha value is -14.5. The van der Waals surface area contributed by atoms with Gasteiger partial charge in [-0.2, -0.15) is 0 Å². The fraction of sp³-hybridized carbons (Fsp3) is 0.0727. The van der Waals surface area contributed by atoms with Crippen molar-refractivity contribution in [1.29, 1.82) is 0 Å². The Kier molecular flexibility index (Phi) is 18.7. The third-order valence-corrected chi connectivity index (χ3v) is 22.7. The first kappa shape index (κ1) is 71.8. The van der Waals surface area contributed by atoms with Crippen LogP contribution in [-0.4, -0.2) is 13.7 Å². The van der Waals surface area contributed by atoms with Crippen molar-refractivity contribution in [2.24, 2.45) is 0 Å². The van der Waals surface area contributed by atoms with Gasteiger partial charge in [0, 0.05) is 94.3 Å². The summed E-state index contributed by atoms with van der Waals surface area (Å²) >= 11 is 0. The molecule has 0 atom stereocenters. The molecule has 0 aliphatic carbocycles. The van der Waals surface area contributed by atoms with Crippen molar-refractivity contribution < 1.29 is 0 Å². The van der Waals surface area contributed by atoms with E-state index < -0.39 is 0 Å². The second-order valence-electron chi connectivity index (χ2n) is 32.1. The molecule has 21 aromatic rings. The summed E-state index contributed by atoms with van der Waals surface area (Å²) in [5.74, 6) is 0. The highest BCUT2D eigenvalue weighted by atomic mass is 15.2. The fourth-order valence-corrected chi connectivity index (χ4v) is 17.2. The third-order valence-electron chi connectivity index (χ3n) is 22.7. The van der Waals surface area contributed by atoms with Crippen LogP contribution in [0.1, 0.15) is 52.7 Å². The Balaban J connectivity index is 0.000000117. The maximum atomic E-state index is 2.48. The van der Waals surface area contributed by atoms with Crippen molar-refractivity contribution in [3.8, 4) is 17.1 Å². The summed E-state index contributed by atoms with van der Waals surface area (Å²) in [5, 5.41) is 14.9. The van der Waals surface area contributed by atoms with Gasteiger partial charge in [-0.1, -0.05) is 296 Å². The first-order valence-corrected chi connectivity index (χ1v) is 40.2. The van der Waals surface area contributed by atoms with E-state index in [0.29, 0.717) is 0 Å². The molecule has 116 heavy (non-hydrogen) atoms. The van der Waals surface area contributed by atoms with Gasteiger partial charge in [0.1, 0.15) is 0 Å². The van der Waals surface area contributed by atoms with Crippen molar-refractivity contribution >= 4 is 149 Å². The van der Waals surface area contributed by atoms with Gasteiger partial charge in [-0.25, -0.2) is 0 Å². The number of nitrogens with zero attached hydrogens (tertiary/aromatic N) is 6. The van der Waals surface area contributed by atoms with Gasteiger partial charge in [0.2, 0.25) is 0 Å². The van der Waals surface area contributed by atoms with Crippen LogP contribution in [0.4, 0.5) is 51.2 Å². The van der Waals surface area contributed by atoms with Gasteiger partial charge in [0.15, 0.2) is 0 Å². The van der Waals surface area contributed by atoms with Gasteiger partial charge in [-0.15, -0.1) is 0 Å². The van der Waals surface area contributed by atoms with Crippen LogP contribution in [0.3, 0.4) is 0 Å². The van der Waals surface area contributed by atoms with Crippen molar-refractivity contribution in [1.82, 2.24) is 13.7 Å². The number of anilines is 9. The largest absolute Gasteiger partial charge is 0.310 e. The van der Waals surface area contributed by atoms with E-state index in [1.807, 2.05) is 0 Å². The Morgan fingerprint density at radius 2 is 0.517 bits per heavy atom. The molecule has 18 aromatic carbocycles. The molecule has 0 fully saturated rings. The lowest BCUT2D eigenvalue weighted by atomic mass is 9.86. The molecular weight excluding hydrogens is 1410 g/mol. The van der Waals surface area contributed by atoms with Gasteiger partial charge >= 0.3 is 0 Å². The number of fused-ring (bicyclic) bond motifs is 12. The highest BCUT2D eigenvalue weighted by molar-refractivity contribution is 6.25. The van der Waals surface area contributed by atoms with Gasteiger partial charge < -0.3 is 28.4 Å². The summed E-state index contributed by atoms with van der Waals surface area (Å²) in [6, 6.07) is 153. The molecule has 0 spiro atoms. The predicted octanol–water partition coefficient (Wildman–Crippen LogP) is 30.8. The molecule has 0 radical (unpaired) electrons. The summed E-state index contributed by atoms with van der Waals surface area (Å²) in [7, 11) is 0. The van der Waals surface area contributed by atoms with Gasteiger partial charge in [-0.05, 0) is 213 Å². The molecule has 6 heteroatoms. The van der Waals surface area contributed by atoms with Crippen LogP contribution >= 0.6 is 0 Å². The van der Waals surface area contributed by atoms with Crippen LogP contribution in [-0.2, 0) is 10.8 Å². The van der Waals surface area contributed by atoms with Crippen molar-refractivity contribution in [2.75, 3.05) is 14.7 Å². The van der Waals surface area contributed by atoms with E-state index in [2.05, 4.69) is 495 Å². The predicted molar refractivity (Wildman–Crippen MR) is 496 cm³/mol. The maximum Gasteiger partial charge on any atom is 0.0640 e. The van der Waals surface area contributed by atoms with Crippen molar-refractivity contribution in [3.05, 3.63) is 436 Å². The third kappa shape index (κ3) is 13.3. The Bertz CT molecular complexity index is 6970. The van der Waals surface area contributed by atoms with E-state index in [9.17, 15) is 0 Å². The molecule has 0 aliphatic heterocycles. The topological polar surface area (TPSA) is 24.5 Å². The fourth-order valence-electron chi connectivity index (χ4n) is 17.2. The molecule has 3 heterocycles. The minimum absolute atomic E-state index is 0.0769. The molecule has 0 bridgehead atoms. The van der Waals surface area contributed by atoms with E-state index in [4.69, 9.17) is 0 Å². The maximum absolute atomic E-state index is 2.48. The van der Waals surface area contributed by atoms with Gasteiger partial charge in [0.05, 0.1) is 50.2 Å². The molecule has 3 aromatic heterocycles. The van der Waals surface area contributed by atoms with Crippen LogP contribution in [0.15, 0.2) is 425 Å². The summed E-state index contributed by atoms with van der Waals surface area (Å²) in [6.07, 6.45) is 0. The number of benzene rings is 18. The summed E-state index contributed by atoms with van der Waals surface area (Å²) in [6.45, 7) is 13.7. The SMILES string of the molecule is CC(C)(C)c1ccc(N(c2ccc(C(C)(C)C)cc2)c2c3ccccc3cc3c2c2ccccc2n3-c2ccccc2)cc1.c1ccc(N(c2ccccc2)c2cccc3c2c2cc4ccccc4cc2n3-c2ccccc2)cc1.c1ccc(N(c2ccccc2)c2cccc3cc4c(cc23)c2ccccc2n4-c2ccccc2)cc1. The zero-order valence-corrected chi connectivity index (χ0v) is 66.1. The van der Waals surface area contributed by atoms with E-state index in [0.717, 1.165) is 45.5 Å². The number of aromatic nitrogens is 3. The standard InChI is InChI=1S/C42H40N2.2C34H24N2/c1-41(2,3)30-20-24-33(25-21-30)43(34-26-22-31(23-27-34)42(4,5)6)40-35-17-11-10-14-29(35)28-38-39(40)36-18-12-13-19-37(36)44(38)32-15-8-7-9-16-32;1-4-14-26(15-5-1)35(27-16-6-2-7-17-27)33-22-12-13-25-23-34-31(24-30(25)33)29-20-10-11-21-32(29)36(34)28-18-8-3-9-19-28;1-4-15-27(16-5-1)35(28-17-6-2-7-18-28)31-21-12-22-32-34(31)30-23-25-13-10-11-14-26(25)24-33(30)36(32)29-19-8-3-9-20-29/h7-28H,1-6H3;2*1-24H. The monoisotopic (exact) mass is 1490 g/mol. The lowest BCUT2D eigenvalue weighted by Crippen LogP contribution is -2.15. The number of para-hydroxylation sites is 9. The lowest BCUT2D eigenvalue weighted by Gasteiger charge is -2.30. The molecule has 0 amide bonds. The Morgan fingerprint density at radius 3 is 1.02 bits per heavy atom. The molecule has 0 aliphatic rings. The van der Waals surface area contributed by atoms with Crippen LogP contribution in [0.2, 0.25) is 0 Å². The van der Waals surface area contributed by atoms with Gasteiger partial charge in [-0.3, -0.25) is 0 Å². The Labute approximate surface area is 678 Å². The van der Waals surface area contributed by atoms with E-state index in [1.54, 1.807) is 0 Å². The average Bonchev–Trinajstić information content (AvgIpc) is 1.57. The van der Waals surface area contributed by atoms with E-state index >= 15 is 0 Å². The second kappa shape index (κ2) is 30.2. The smallest absolute Gasteiger partial charge is 0.0640 e. The molecule has 558 valence electrons. The van der Waals surface area contributed by atoms with Crippen LogP contribution < -0.4 is 14.7 Å². The molecule has 6 nitrogen and oxygen atoms in total. The highest BCUT2D eigenvalue weighted by Crippen LogP contribution is 2.51. The van der Waals surface area contributed by atoms with E-state index in [-0.39, 0.29) is 10.8 Å². The minimum atomic E-state index is 0.0769. The lowest BCUT2D eigenvalue weighted by molar-refractivity contribution is 0.590. The summed E-state index contributed by atoms with van der Waals surface area (Å²) in [5.41, 5.74) is 24.0. The molecule has 0 unspecified atom stereocenters. The van der Waals surface area contributed by atoms with Gasteiger partial charge in [0.25, 0.3) is 0 Å². The Morgan fingerprint density at radius 1 is 0.190 bits per heavy atom. The normalized spacial score (nSPS) is 11.7. The minimum Gasteiger partial charge on any atom is -0.310 e. The zero-order valence-electron chi connectivity index (χ0n) is 66.1. The second-order valence-corrected chi connectivity index (χ2v) is 32.1.